The van der Waals surface area contributed by atoms with Crippen LogP contribution in [0.15, 0.2) is 18.2 Å². The molecule has 1 aromatic rings. The number of hydrogen-bond donors (Lipinski definition) is 1. The van der Waals surface area contributed by atoms with Crippen LogP contribution in [0.25, 0.3) is 0 Å². The van der Waals surface area contributed by atoms with Gasteiger partial charge in [-0.2, -0.15) is 0 Å². The number of nitrogens with two attached hydrogens (primary N) is 1. The third kappa shape index (κ3) is 6.75. The van der Waals surface area contributed by atoms with Crippen LogP contribution in [0.4, 0.5) is 4.39 Å². The van der Waals surface area contributed by atoms with Gasteiger partial charge in [-0.1, -0.05) is 51.0 Å². The van der Waals surface area contributed by atoms with Crippen molar-refractivity contribution in [2.75, 3.05) is 13.2 Å². The molecule has 0 aliphatic rings. The fourth-order valence-corrected chi connectivity index (χ4v) is 2.13. The van der Waals surface area contributed by atoms with Crippen LogP contribution in [0.2, 0.25) is 0 Å². The van der Waals surface area contributed by atoms with E-state index in [-0.39, 0.29) is 12.4 Å². The Kier molecular flexibility index (Phi) is 8.73. The first-order valence-corrected chi connectivity index (χ1v) is 7.76. The van der Waals surface area contributed by atoms with Crippen molar-refractivity contribution in [1.29, 1.82) is 0 Å². The van der Waals surface area contributed by atoms with E-state index in [1.165, 1.54) is 25.3 Å². The molecule has 0 saturated carbocycles. The summed E-state index contributed by atoms with van der Waals surface area (Å²) in [4.78, 5) is 0. The molecule has 116 valence electrons. The average molecular weight is 291 g/mol. The summed E-state index contributed by atoms with van der Waals surface area (Å²) in [6, 6.07) is 4.98. The lowest BCUT2D eigenvalue weighted by molar-refractivity contribution is 0.0802. The Labute approximate surface area is 127 Å². The third-order valence-electron chi connectivity index (χ3n) is 3.54. The van der Waals surface area contributed by atoms with Crippen LogP contribution in [0.1, 0.15) is 50.7 Å². The summed E-state index contributed by atoms with van der Waals surface area (Å²) in [6.45, 7) is 5.67. The maximum absolute atomic E-state index is 13.9. The van der Waals surface area contributed by atoms with E-state index in [9.17, 15) is 4.39 Å². The van der Waals surface area contributed by atoms with Gasteiger partial charge >= 0.3 is 0 Å². The molecule has 3 heteroatoms. The van der Waals surface area contributed by atoms with Crippen LogP contribution in [0.3, 0.4) is 0 Å². The number of ether oxygens (including phenoxy) is 1. The van der Waals surface area contributed by atoms with Gasteiger partial charge in [0.25, 0.3) is 0 Å². The topological polar surface area (TPSA) is 35.2 Å². The molecule has 1 atom stereocenters. The van der Waals surface area contributed by atoms with Gasteiger partial charge in [0.2, 0.25) is 0 Å². The summed E-state index contributed by atoms with van der Waals surface area (Å²) >= 11 is 0. The minimum absolute atomic E-state index is 0.263. The largest absolute Gasteiger partial charge is 0.376 e. The van der Waals surface area contributed by atoms with Crippen LogP contribution in [-0.4, -0.2) is 13.2 Å². The summed E-state index contributed by atoms with van der Waals surface area (Å²) in [5.74, 6) is 5.85. The molecule has 0 aromatic heterocycles. The number of rotatable bonds is 8. The van der Waals surface area contributed by atoms with Crippen molar-refractivity contribution in [3.8, 4) is 11.8 Å². The second-order valence-electron chi connectivity index (χ2n) is 5.24. The summed E-state index contributed by atoms with van der Waals surface area (Å²) in [6.07, 6.45) is 4.72. The summed E-state index contributed by atoms with van der Waals surface area (Å²) in [7, 11) is 0. The van der Waals surface area contributed by atoms with Crippen molar-refractivity contribution < 1.29 is 9.13 Å². The highest BCUT2D eigenvalue weighted by Gasteiger charge is 2.08. The van der Waals surface area contributed by atoms with E-state index >= 15 is 0 Å². The molecule has 2 N–H and O–H groups in total. The zero-order valence-corrected chi connectivity index (χ0v) is 13.1. The van der Waals surface area contributed by atoms with E-state index in [0.717, 1.165) is 6.42 Å². The molecular formula is C18H26FNO. The molecule has 0 radical (unpaired) electrons. The Morgan fingerprint density at radius 3 is 2.76 bits per heavy atom. The average Bonchev–Trinajstić information content (AvgIpc) is 2.50. The van der Waals surface area contributed by atoms with Gasteiger partial charge in [0, 0.05) is 17.7 Å². The molecule has 0 heterocycles. The van der Waals surface area contributed by atoms with E-state index in [1.54, 1.807) is 12.1 Å². The van der Waals surface area contributed by atoms with Gasteiger partial charge < -0.3 is 10.5 Å². The van der Waals surface area contributed by atoms with Crippen molar-refractivity contribution in [3.63, 3.8) is 0 Å². The molecule has 0 saturated heterocycles. The summed E-state index contributed by atoms with van der Waals surface area (Å²) in [5.41, 5.74) is 6.53. The van der Waals surface area contributed by atoms with E-state index in [2.05, 4.69) is 25.7 Å². The second-order valence-corrected chi connectivity index (χ2v) is 5.24. The van der Waals surface area contributed by atoms with Gasteiger partial charge in [-0.15, -0.1) is 0 Å². The highest BCUT2D eigenvalue weighted by Crippen LogP contribution is 2.15. The first-order valence-electron chi connectivity index (χ1n) is 7.76. The number of unbranched alkanes of at least 4 members (excludes halogenated alkanes) is 1. The molecule has 1 unspecified atom stereocenters. The lowest BCUT2D eigenvalue weighted by atomic mass is 10.0. The van der Waals surface area contributed by atoms with Crippen molar-refractivity contribution in [3.05, 3.63) is 35.1 Å². The lowest BCUT2D eigenvalue weighted by Gasteiger charge is -2.14. The fraction of sp³-hybridized carbons (Fsp3) is 0.556. The maximum atomic E-state index is 13.9. The molecule has 0 amide bonds. The smallest absolute Gasteiger partial charge is 0.129 e. The van der Waals surface area contributed by atoms with Crippen LogP contribution in [0.5, 0.6) is 0 Å². The molecule has 0 bridgehead atoms. The monoisotopic (exact) mass is 291 g/mol. The Morgan fingerprint density at radius 2 is 2.14 bits per heavy atom. The van der Waals surface area contributed by atoms with Gasteiger partial charge in [0.15, 0.2) is 0 Å². The van der Waals surface area contributed by atoms with Crippen molar-refractivity contribution in [2.45, 2.75) is 46.1 Å². The zero-order chi connectivity index (χ0) is 15.5. The Bertz CT molecular complexity index is 476. The molecule has 0 aliphatic carbocycles. The summed E-state index contributed by atoms with van der Waals surface area (Å²) < 4.78 is 19.6. The van der Waals surface area contributed by atoms with E-state index in [1.807, 2.05) is 0 Å². The fourth-order valence-electron chi connectivity index (χ4n) is 2.13. The molecule has 0 aliphatic heterocycles. The molecule has 0 spiro atoms. The molecular weight excluding hydrogens is 265 g/mol. The number of hydrogen-bond acceptors (Lipinski definition) is 2. The van der Waals surface area contributed by atoms with Crippen LogP contribution in [-0.2, 0) is 11.3 Å². The second kappa shape index (κ2) is 10.4. The zero-order valence-electron chi connectivity index (χ0n) is 13.1. The van der Waals surface area contributed by atoms with Crippen molar-refractivity contribution in [2.24, 2.45) is 11.7 Å². The van der Waals surface area contributed by atoms with Gasteiger partial charge in [-0.05, 0) is 24.5 Å². The van der Waals surface area contributed by atoms with Gasteiger partial charge in [-0.25, -0.2) is 4.39 Å². The molecule has 21 heavy (non-hydrogen) atoms. The number of halogens is 1. The lowest BCUT2D eigenvalue weighted by Crippen LogP contribution is -2.09. The van der Waals surface area contributed by atoms with E-state index < -0.39 is 0 Å². The standard InChI is InChI=1S/C18H26FNO/c1-3-5-7-15(4-2)13-21-14-17-10-9-16(8-6-11-20)12-18(17)19/h9-10,12,15H,3-5,7,11,13-14,20H2,1-2H3. The molecule has 1 aromatic carbocycles. The minimum Gasteiger partial charge on any atom is -0.376 e. The number of benzene rings is 1. The first-order chi connectivity index (χ1) is 10.2. The van der Waals surface area contributed by atoms with Crippen molar-refractivity contribution >= 4 is 0 Å². The van der Waals surface area contributed by atoms with Crippen LogP contribution in [0, 0.1) is 23.6 Å². The first kappa shape index (κ1) is 17.7. The predicted octanol–water partition coefficient (Wildman–Crippen LogP) is 3.87. The van der Waals surface area contributed by atoms with Crippen LogP contribution < -0.4 is 5.73 Å². The normalized spacial score (nSPS) is 11.8. The van der Waals surface area contributed by atoms with Crippen LogP contribution >= 0.6 is 0 Å². The minimum atomic E-state index is -0.263. The molecule has 1 rings (SSSR count). The third-order valence-corrected chi connectivity index (χ3v) is 3.54. The quantitative estimate of drug-likeness (QED) is 0.738. The highest BCUT2D eigenvalue weighted by molar-refractivity contribution is 5.37. The Hall–Kier alpha value is -1.37. The highest BCUT2D eigenvalue weighted by atomic mass is 19.1. The molecule has 0 fully saturated rings. The van der Waals surface area contributed by atoms with E-state index in [4.69, 9.17) is 10.5 Å². The van der Waals surface area contributed by atoms with Gasteiger partial charge in [-0.3, -0.25) is 0 Å². The van der Waals surface area contributed by atoms with Gasteiger partial charge in [0.1, 0.15) is 5.82 Å². The SMILES string of the molecule is CCCCC(CC)COCc1ccc(C#CCN)cc1F. The predicted molar refractivity (Wildman–Crippen MR) is 85.3 cm³/mol. The summed E-state index contributed by atoms with van der Waals surface area (Å²) in [5, 5.41) is 0. The Balaban J connectivity index is 2.48. The van der Waals surface area contributed by atoms with Crippen molar-refractivity contribution in [1.82, 2.24) is 0 Å². The Morgan fingerprint density at radius 1 is 1.33 bits per heavy atom. The van der Waals surface area contributed by atoms with E-state index in [0.29, 0.717) is 30.3 Å². The van der Waals surface area contributed by atoms with Gasteiger partial charge in [0.05, 0.1) is 13.2 Å². The maximum Gasteiger partial charge on any atom is 0.129 e. The molecule has 2 nitrogen and oxygen atoms in total.